The minimum absolute atomic E-state index is 0.0782. The largest absolute Gasteiger partial charge is 0.481 e. The Kier molecular flexibility index (Phi) is 4.01. The molecule has 6 heteroatoms. The van der Waals surface area contributed by atoms with Crippen molar-refractivity contribution in [2.75, 3.05) is 13.2 Å². The third-order valence-corrected chi connectivity index (χ3v) is 4.19. The number of carboxylic acid groups (broad SMARTS) is 1. The molecule has 0 bridgehead atoms. The van der Waals surface area contributed by atoms with Gasteiger partial charge in [-0.3, -0.25) is 9.59 Å². The maximum Gasteiger partial charge on any atom is 0.313 e. The number of halogens is 1. The third-order valence-electron chi connectivity index (χ3n) is 3.69. The summed E-state index contributed by atoms with van der Waals surface area (Å²) < 4.78 is 5.20. The summed E-state index contributed by atoms with van der Waals surface area (Å²) in [5.74, 6) is -1.38. The normalized spacial score (nSPS) is 25.4. The van der Waals surface area contributed by atoms with Gasteiger partial charge < -0.3 is 15.2 Å². The predicted molar refractivity (Wildman–Crippen MR) is 74.0 cm³/mol. The number of nitrogens with one attached hydrogen (secondary N) is 1. The van der Waals surface area contributed by atoms with Gasteiger partial charge in [0.1, 0.15) is 5.41 Å². The van der Waals surface area contributed by atoms with Crippen molar-refractivity contribution >= 4 is 23.5 Å². The first-order valence-electron chi connectivity index (χ1n) is 6.23. The fourth-order valence-electron chi connectivity index (χ4n) is 2.14. The molecule has 5 nitrogen and oxygen atoms in total. The van der Waals surface area contributed by atoms with Crippen molar-refractivity contribution in [1.29, 1.82) is 0 Å². The number of hydrogen-bond donors (Lipinski definition) is 2. The van der Waals surface area contributed by atoms with Crippen molar-refractivity contribution in [2.24, 2.45) is 5.41 Å². The van der Waals surface area contributed by atoms with Gasteiger partial charge in [0, 0.05) is 0 Å². The van der Waals surface area contributed by atoms with Gasteiger partial charge >= 0.3 is 5.97 Å². The van der Waals surface area contributed by atoms with E-state index in [1.165, 1.54) is 0 Å². The molecule has 1 aromatic rings. The number of aryl methyl sites for hydroxylation is 1. The molecule has 0 aromatic heterocycles. The molecule has 1 aliphatic rings. The highest BCUT2D eigenvalue weighted by Gasteiger charge is 2.47. The van der Waals surface area contributed by atoms with E-state index in [9.17, 15) is 14.7 Å². The van der Waals surface area contributed by atoms with E-state index in [4.69, 9.17) is 16.3 Å². The topological polar surface area (TPSA) is 75.6 Å². The van der Waals surface area contributed by atoms with Gasteiger partial charge in [-0.1, -0.05) is 23.7 Å². The highest BCUT2D eigenvalue weighted by molar-refractivity contribution is 6.34. The van der Waals surface area contributed by atoms with Crippen LogP contribution in [0.2, 0.25) is 5.02 Å². The molecule has 0 aliphatic carbocycles. The minimum atomic E-state index is -1.12. The van der Waals surface area contributed by atoms with E-state index in [1.807, 2.05) is 0 Å². The van der Waals surface area contributed by atoms with Crippen LogP contribution in [0, 0.1) is 12.3 Å². The fraction of sp³-hybridized carbons (Fsp3) is 0.429. The number of benzene rings is 1. The van der Waals surface area contributed by atoms with E-state index in [2.05, 4.69) is 5.32 Å². The van der Waals surface area contributed by atoms with E-state index in [1.54, 1.807) is 32.0 Å². The molecule has 0 saturated carbocycles. The monoisotopic (exact) mass is 297 g/mol. The van der Waals surface area contributed by atoms with Gasteiger partial charge in [-0.15, -0.1) is 0 Å². The van der Waals surface area contributed by atoms with Gasteiger partial charge in [-0.2, -0.15) is 0 Å². The van der Waals surface area contributed by atoms with E-state index in [-0.39, 0.29) is 19.1 Å². The molecule has 1 heterocycles. The lowest BCUT2D eigenvalue weighted by Gasteiger charge is -2.25. The quantitative estimate of drug-likeness (QED) is 0.893. The first-order chi connectivity index (χ1) is 9.36. The Morgan fingerprint density at radius 3 is 2.85 bits per heavy atom. The standard InChI is InChI=1S/C14H16ClNO4/c1-8-4-3-5-9(11(8)15)12(17)16-10-6-20-7-14(10,2)13(18)19/h3-5,10H,6-7H2,1-2H3,(H,16,17)(H,18,19). The highest BCUT2D eigenvalue weighted by atomic mass is 35.5. The van der Waals surface area contributed by atoms with Crippen molar-refractivity contribution in [3.8, 4) is 0 Å². The van der Waals surface area contributed by atoms with Crippen LogP contribution < -0.4 is 5.32 Å². The zero-order valence-corrected chi connectivity index (χ0v) is 12.0. The average molecular weight is 298 g/mol. The Morgan fingerprint density at radius 1 is 1.50 bits per heavy atom. The summed E-state index contributed by atoms with van der Waals surface area (Å²) in [6.07, 6.45) is 0. The third kappa shape index (κ3) is 2.51. The first-order valence-corrected chi connectivity index (χ1v) is 6.61. The number of hydrogen-bond acceptors (Lipinski definition) is 3. The number of aliphatic carboxylic acids is 1. The van der Waals surface area contributed by atoms with Gasteiger partial charge in [0.15, 0.2) is 0 Å². The summed E-state index contributed by atoms with van der Waals surface area (Å²) in [6.45, 7) is 3.62. The van der Waals surface area contributed by atoms with Crippen LogP contribution in [-0.4, -0.2) is 36.2 Å². The number of rotatable bonds is 3. The first kappa shape index (κ1) is 14.8. The molecule has 1 amide bonds. The molecular formula is C14H16ClNO4. The van der Waals surface area contributed by atoms with E-state index < -0.39 is 17.4 Å². The second-order valence-corrected chi connectivity index (χ2v) is 5.58. The molecule has 0 radical (unpaired) electrons. The van der Waals surface area contributed by atoms with Crippen LogP contribution in [0.3, 0.4) is 0 Å². The molecule has 1 aliphatic heterocycles. The summed E-state index contributed by atoms with van der Waals surface area (Å²) in [7, 11) is 0. The van der Waals surface area contributed by atoms with Crippen molar-refractivity contribution in [1.82, 2.24) is 5.32 Å². The Morgan fingerprint density at radius 2 is 2.20 bits per heavy atom. The van der Waals surface area contributed by atoms with Crippen LogP contribution in [-0.2, 0) is 9.53 Å². The zero-order chi connectivity index (χ0) is 14.9. The van der Waals surface area contributed by atoms with Crippen LogP contribution in [0.1, 0.15) is 22.8 Å². The van der Waals surface area contributed by atoms with Gasteiger partial charge in [-0.05, 0) is 25.5 Å². The molecular weight excluding hydrogens is 282 g/mol. The molecule has 1 aromatic carbocycles. The van der Waals surface area contributed by atoms with Gasteiger partial charge in [0.2, 0.25) is 0 Å². The molecule has 0 spiro atoms. The van der Waals surface area contributed by atoms with E-state index in [0.29, 0.717) is 10.6 Å². The van der Waals surface area contributed by atoms with E-state index in [0.717, 1.165) is 5.56 Å². The summed E-state index contributed by atoms with van der Waals surface area (Å²) in [4.78, 5) is 23.6. The molecule has 2 rings (SSSR count). The molecule has 108 valence electrons. The Bertz CT molecular complexity index is 560. The maximum atomic E-state index is 12.2. The van der Waals surface area contributed by atoms with Crippen LogP contribution >= 0.6 is 11.6 Å². The summed E-state index contributed by atoms with van der Waals surface area (Å²) in [6, 6.07) is 4.57. The fourth-order valence-corrected chi connectivity index (χ4v) is 2.36. The lowest BCUT2D eigenvalue weighted by atomic mass is 9.85. The average Bonchev–Trinajstić information content (AvgIpc) is 2.75. The molecule has 1 saturated heterocycles. The van der Waals surface area contributed by atoms with Crippen molar-refractivity contribution in [3.05, 3.63) is 34.3 Å². The summed E-state index contributed by atoms with van der Waals surface area (Å²) in [5.41, 5.74) is 0.0145. The van der Waals surface area contributed by atoms with Gasteiger partial charge in [0.25, 0.3) is 5.91 Å². The van der Waals surface area contributed by atoms with Gasteiger partial charge in [0.05, 0.1) is 29.8 Å². The maximum absolute atomic E-state index is 12.2. The lowest BCUT2D eigenvalue weighted by molar-refractivity contribution is -0.148. The van der Waals surface area contributed by atoms with Crippen LogP contribution in [0.25, 0.3) is 0 Å². The van der Waals surface area contributed by atoms with Crippen molar-refractivity contribution < 1.29 is 19.4 Å². The SMILES string of the molecule is Cc1cccc(C(=O)NC2COCC2(C)C(=O)O)c1Cl. The molecule has 2 unspecified atom stereocenters. The summed E-state index contributed by atoms with van der Waals surface area (Å²) >= 11 is 6.10. The van der Waals surface area contributed by atoms with E-state index >= 15 is 0 Å². The van der Waals surface area contributed by atoms with Gasteiger partial charge in [-0.25, -0.2) is 0 Å². The number of carbonyl (C=O) groups is 2. The minimum Gasteiger partial charge on any atom is -0.481 e. The van der Waals surface area contributed by atoms with Crippen LogP contribution in [0.15, 0.2) is 18.2 Å². The molecule has 1 fully saturated rings. The van der Waals surface area contributed by atoms with Crippen LogP contribution in [0.4, 0.5) is 0 Å². The molecule has 20 heavy (non-hydrogen) atoms. The Hall–Kier alpha value is -1.59. The second-order valence-electron chi connectivity index (χ2n) is 5.20. The van der Waals surface area contributed by atoms with Crippen molar-refractivity contribution in [3.63, 3.8) is 0 Å². The summed E-state index contributed by atoms with van der Waals surface area (Å²) in [5, 5.41) is 12.3. The molecule has 2 N–H and O–H groups in total. The molecule has 2 atom stereocenters. The highest BCUT2D eigenvalue weighted by Crippen LogP contribution is 2.29. The number of carbonyl (C=O) groups excluding carboxylic acids is 1. The number of ether oxygens (including phenoxy) is 1. The number of amides is 1. The van der Waals surface area contributed by atoms with Crippen molar-refractivity contribution in [2.45, 2.75) is 19.9 Å². The van der Waals surface area contributed by atoms with Crippen LogP contribution in [0.5, 0.6) is 0 Å². The Labute approximate surface area is 121 Å². The number of carboxylic acids is 1. The zero-order valence-electron chi connectivity index (χ0n) is 11.3. The lowest BCUT2D eigenvalue weighted by Crippen LogP contribution is -2.49. The smallest absolute Gasteiger partial charge is 0.313 e. The second kappa shape index (κ2) is 5.42. The predicted octanol–water partition coefficient (Wildman–Crippen LogP) is 1.87. The Balaban J connectivity index is 2.20.